The van der Waals surface area contributed by atoms with E-state index in [9.17, 15) is 18.3 Å². The van der Waals surface area contributed by atoms with Crippen LogP contribution in [0, 0.1) is 5.92 Å². The zero-order chi connectivity index (χ0) is 19.9. The smallest absolute Gasteiger partial charge is 0.416 e. The van der Waals surface area contributed by atoms with Crippen LogP contribution in [0.25, 0.3) is 0 Å². The van der Waals surface area contributed by atoms with E-state index in [-0.39, 0.29) is 12.5 Å². The summed E-state index contributed by atoms with van der Waals surface area (Å²) in [5.41, 5.74) is 0.402. The molecule has 0 aliphatic rings. The molecule has 1 aromatic carbocycles. The number of alkyl halides is 3. The van der Waals surface area contributed by atoms with Gasteiger partial charge in [0, 0.05) is 18.3 Å². The van der Waals surface area contributed by atoms with Crippen molar-refractivity contribution in [3.8, 4) is 0 Å². The van der Waals surface area contributed by atoms with Gasteiger partial charge in [-0.3, -0.25) is 4.98 Å². The molecule has 0 spiro atoms. The van der Waals surface area contributed by atoms with Gasteiger partial charge < -0.3 is 9.84 Å². The molecule has 146 valence electrons. The fraction of sp³-hybridized carbons (Fsp3) is 0.381. The van der Waals surface area contributed by atoms with Crippen LogP contribution in [-0.4, -0.2) is 10.1 Å². The Morgan fingerprint density at radius 3 is 2.59 bits per heavy atom. The van der Waals surface area contributed by atoms with Gasteiger partial charge in [0.2, 0.25) is 0 Å². The zero-order valence-electron chi connectivity index (χ0n) is 15.4. The van der Waals surface area contributed by atoms with Crippen molar-refractivity contribution in [2.75, 3.05) is 0 Å². The van der Waals surface area contributed by atoms with Crippen LogP contribution in [0.1, 0.15) is 49.5 Å². The predicted molar refractivity (Wildman–Crippen MR) is 97.6 cm³/mol. The largest absolute Gasteiger partial charge is 0.493 e. The lowest BCUT2D eigenvalue weighted by Crippen LogP contribution is -2.17. The highest BCUT2D eigenvalue weighted by Gasteiger charge is 2.30. The van der Waals surface area contributed by atoms with Crippen LogP contribution in [0.5, 0.6) is 0 Å². The predicted octanol–water partition coefficient (Wildman–Crippen LogP) is 5.67. The van der Waals surface area contributed by atoms with Gasteiger partial charge in [-0.05, 0) is 48.2 Å². The second kappa shape index (κ2) is 9.55. The molecule has 1 N–H and O–H groups in total. The van der Waals surface area contributed by atoms with Crippen LogP contribution in [0.2, 0.25) is 0 Å². The van der Waals surface area contributed by atoms with Crippen molar-refractivity contribution in [3.05, 3.63) is 77.3 Å². The lowest BCUT2D eigenvalue weighted by atomic mass is 9.92. The minimum absolute atomic E-state index is 0.00597. The van der Waals surface area contributed by atoms with E-state index in [1.807, 2.05) is 19.9 Å². The number of halogens is 3. The van der Waals surface area contributed by atoms with Gasteiger partial charge in [0.05, 0.1) is 17.4 Å². The summed E-state index contributed by atoms with van der Waals surface area (Å²) in [5, 5.41) is 10.7. The van der Waals surface area contributed by atoms with E-state index in [0.29, 0.717) is 29.7 Å². The van der Waals surface area contributed by atoms with E-state index in [0.717, 1.165) is 12.1 Å². The molecule has 0 aliphatic carbocycles. The van der Waals surface area contributed by atoms with Crippen molar-refractivity contribution >= 4 is 0 Å². The maximum absolute atomic E-state index is 12.9. The monoisotopic (exact) mass is 379 g/mol. The maximum Gasteiger partial charge on any atom is 0.416 e. The summed E-state index contributed by atoms with van der Waals surface area (Å²) in [6.45, 7) is 3.88. The van der Waals surface area contributed by atoms with Crippen molar-refractivity contribution in [1.29, 1.82) is 0 Å². The molecule has 0 bridgehead atoms. The van der Waals surface area contributed by atoms with Gasteiger partial charge in [0.1, 0.15) is 6.61 Å². The molecule has 3 nitrogen and oxygen atoms in total. The number of hydrogen-bond acceptors (Lipinski definition) is 3. The highest BCUT2D eigenvalue weighted by molar-refractivity contribution is 5.25. The average Bonchev–Trinajstić information content (AvgIpc) is 2.66. The Labute approximate surface area is 157 Å². The van der Waals surface area contributed by atoms with E-state index in [1.165, 1.54) is 6.07 Å². The molecule has 1 heterocycles. The summed E-state index contributed by atoms with van der Waals surface area (Å²) < 4.78 is 44.5. The molecule has 2 rings (SSSR count). The van der Waals surface area contributed by atoms with E-state index in [4.69, 9.17) is 4.74 Å². The number of rotatable bonds is 8. The number of hydrogen-bond donors (Lipinski definition) is 1. The third-order valence-electron chi connectivity index (χ3n) is 4.28. The fourth-order valence-corrected chi connectivity index (χ4v) is 2.89. The maximum atomic E-state index is 12.9. The third-order valence-corrected chi connectivity index (χ3v) is 4.28. The van der Waals surface area contributed by atoms with Crippen LogP contribution in [-0.2, 0) is 17.5 Å². The van der Waals surface area contributed by atoms with Crippen LogP contribution < -0.4 is 0 Å². The van der Waals surface area contributed by atoms with Crippen LogP contribution >= 0.6 is 0 Å². The van der Waals surface area contributed by atoms with Crippen molar-refractivity contribution < 1.29 is 23.0 Å². The molecule has 27 heavy (non-hydrogen) atoms. The van der Waals surface area contributed by atoms with Crippen molar-refractivity contribution in [2.24, 2.45) is 5.92 Å². The van der Waals surface area contributed by atoms with E-state index in [2.05, 4.69) is 4.98 Å². The molecule has 2 unspecified atom stereocenters. The second-order valence-corrected chi connectivity index (χ2v) is 6.25. The first-order valence-corrected chi connectivity index (χ1v) is 8.93. The van der Waals surface area contributed by atoms with Crippen LogP contribution in [0.15, 0.2) is 60.6 Å². The molecule has 0 aliphatic heterocycles. The number of benzene rings is 1. The topological polar surface area (TPSA) is 42.4 Å². The molecule has 6 heteroatoms. The lowest BCUT2D eigenvalue weighted by molar-refractivity contribution is -0.137. The van der Waals surface area contributed by atoms with E-state index in [1.54, 1.807) is 30.6 Å². The number of aromatic nitrogens is 1. The van der Waals surface area contributed by atoms with Crippen molar-refractivity contribution in [3.63, 3.8) is 0 Å². The summed E-state index contributed by atoms with van der Waals surface area (Å²) in [7, 11) is 0. The second-order valence-electron chi connectivity index (χ2n) is 6.25. The first kappa shape index (κ1) is 21.0. The summed E-state index contributed by atoms with van der Waals surface area (Å²) in [6.07, 6.45) is 1.21. The number of ether oxygens (including phenoxy) is 1. The zero-order valence-corrected chi connectivity index (χ0v) is 15.4. The molecular weight excluding hydrogens is 355 g/mol. The molecule has 2 atom stereocenters. The lowest BCUT2D eigenvalue weighted by Gasteiger charge is -2.25. The molecule has 1 aromatic heterocycles. The molecule has 0 saturated carbocycles. The average molecular weight is 379 g/mol. The summed E-state index contributed by atoms with van der Waals surface area (Å²) in [6, 6.07) is 8.62. The highest BCUT2D eigenvalue weighted by Crippen LogP contribution is 2.33. The first-order chi connectivity index (χ1) is 12.9. The Morgan fingerprint density at radius 1 is 1.22 bits per heavy atom. The van der Waals surface area contributed by atoms with Gasteiger partial charge in [-0.25, -0.2) is 0 Å². The summed E-state index contributed by atoms with van der Waals surface area (Å²) in [5.74, 6) is 0.272. The van der Waals surface area contributed by atoms with Gasteiger partial charge in [-0.1, -0.05) is 32.0 Å². The minimum Gasteiger partial charge on any atom is -0.493 e. The van der Waals surface area contributed by atoms with E-state index >= 15 is 0 Å². The van der Waals surface area contributed by atoms with E-state index < -0.39 is 17.8 Å². The third kappa shape index (κ3) is 5.82. The molecule has 2 aromatic rings. The Hall–Kier alpha value is -2.34. The first-order valence-electron chi connectivity index (χ1n) is 8.93. The van der Waals surface area contributed by atoms with Crippen molar-refractivity contribution in [2.45, 2.75) is 45.6 Å². The van der Waals surface area contributed by atoms with Crippen LogP contribution in [0.3, 0.4) is 0 Å². The summed E-state index contributed by atoms with van der Waals surface area (Å²) in [4.78, 5) is 4.03. The quantitative estimate of drug-likeness (QED) is 0.601. The molecule has 0 amide bonds. The Balaban J connectivity index is 2.16. The van der Waals surface area contributed by atoms with Crippen molar-refractivity contribution in [1.82, 2.24) is 4.98 Å². The number of nitrogens with zero attached hydrogens (tertiary/aromatic N) is 1. The number of aliphatic hydroxyl groups is 1. The van der Waals surface area contributed by atoms with Gasteiger partial charge >= 0.3 is 6.18 Å². The Kier molecular flexibility index (Phi) is 7.42. The molecular formula is C21H24F3NO2. The number of pyridine rings is 1. The SMILES string of the molecule is CC/C=C(\OCc1cccc(C(F)(F)F)c1)C(CC)C(O)c1cccnc1. The molecule has 0 fully saturated rings. The van der Waals surface area contributed by atoms with Gasteiger partial charge in [-0.2, -0.15) is 13.2 Å². The number of aliphatic hydroxyl groups excluding tert-OH is 1. The van der Waals surface area contributed by atoms with Crippen LogP contribution in [0.4, 0.5) is 13.2 Å². The van der Waals surface area contributed by atoms with Gasteiger partial charge in [-0.15, -0.1) is 0 Å². The highest BCUT2D eigenvalue weighted by atomic mass is 19.4. The molecule has 0 saturated heterocycles. The van der Waals surface area contributed by atoms with Gasteiger partial charge in [0.25, 0.3) is 0 Å². The van der Waals surface area contributed by atoms with Gasteiger partial charge in [0.15, 0.2) is 0 Å². The minimum atomic E-state index is -4.39. The number of allylic oxidation sites excluding steroid dienone is 1. The summed E-state index contributed by atoms with van der Waals surface area (Å²) >= 11 is 0. The fourth-order valence-electron chi connectivity index (χ4n) is 2.89. The standard InChI is InChI=1S/C21H24F3NO2/c1-3-7-19(18(4-2)20(26)16-9-6-11-25-13-16)27-14-15-8-5-10-17(12-15)21(22,23)24/h5-13,18,20,26H,3-4,14H2,1-2H3/b19-7-. The normalized spacial score (nSPS) is 14.7. The Morgan fingerprint density at radius 2 is 2.00 bits per heavy atom. The Bertz CT molecular complexity index is 745. The molecule has 0 radical (unpaired) electrons.